The molecule has 6 heteroatoms. The average molecular weight is 320 g/mol. The summed E-state index contributed by atoms with van der Waals surface area (Å²) in [5.74, 6) is -0.595. The molecule has 2 aromatic rings. The summed E-state index contributed by atoms with van der Waals surface area (Å²) in [6.45, 7) is 5.78. The van der Waals surface area contributed by atoms with Crippen molar-refractivity contribution in [1.82, 2.24) is 9.29 Å². The van der Waals surface area contributed by atoms with Gasteiger partial charge in [-0.3, -0.25) is 4.79 Å². The maximum Gasteiger partial charge on any atom is 0.266 e. The van der Waals surface area contributed by atoms with Crippen molar-refractivity contribution >= 4 is 15.9 Å². The van der Waals surface area contributed by atoms with Crippen molar-refractivity contribution in [2.45, 2.75) is 26.8 Å². The second-order valence-electron chi connectivity index (χ2n) is 5.44. The van der Waals surface area contributed by atoms with Crippen molar-refractivity contribution in [1.29, 1.82) is 0 Å². The molecule has 5 nitrogen and oxygen atoms in total. The Morgan fingerprint density at radius 3 is 2.32 bits per heavy atom. The highest BCUT2D eigenvalue weighted by molar-refractivity contribution is 7.89. The Hall–Kier alpha value is -2.08. The summed E-state index contributed by atoms with van der Waals surface area (Å²) in [5.41, 5.74) is 3.16. The molecular formula is C16H20N2O3S. The minimum absolute atomic E-state index is 0.0565. The lowest BCUT2D eigenvalue weighted by molar-refractivity contribution is 0.0981. The van der Waals surface area contributed by atoms with Crippen LogP contribution in [0.1, 0.15) is 40.3 Å². The van der Waals surface area contributed by atoms with Crippen LogP contribution in [-0.4, -0.2) is 25.1 Å². The van der Waals surface area contributed by atoms with Gasteiger partial charge in [-0.2, -0.15) is 0 Å². The molecule has 1 N–H and O–H groups in total. The lowest BCUT2D eigenvalue weighted by Crippen LogP contribution is -2.29. The molecule has 0 fully saturated rings. The Labute approximate surface area is 131 Å². The summed E-state index contributed by atoms with van der Waals surface area (Å²) in [4.78, 5) is 12.1. The van der Waals surface area contributed by atoms with Gasteiger partial charge in [0.2, 0.25) is 10.0 Å². The second-order valence-corrected chi connectivity index (χ2v) is 7.19. The highest BCUT2D eigenvalue weighted by atomic mass is 32.2. The average Bonchev–Trinajstić information content (AvgIpc) is 2.72. The Bertz CT molecular complexity index is 792. The number of carbonyl (C=O) groups is 1. The highest BCUT2D eigenvalue weighted by Gasteiger charge is 2.21. The van der Waals surface area contributed by atoms with Crippen LogP contribution >= 0.6 is 0 Å². The van der Waals surface area contributed by atoms with Crippen molar-refractivity contribution < 1.29 is 13.2 Å². The van der Waals surface area contributed by atoms with Crippen LogP contribution in [0.2, 0.25) is 0 Å². The van der Waals surface area contributed by atoms with Crippen LogP contribution in [-0.2, 0) is 10.0 Å². The topological polar surface area (TPSA) is 68.2 Å². The summed E-state index contributed by atoms with van der Waals surface area (Å²) >= 11 is 0. The van der Waals surface area contributed by atoms with Gasteiger partial charge in [0.05, 0.1) is 17.9 Å². The monoisotopic (exact) mass is 320 g/mol. The number of aromatic nitrogens is 1. The van der Waals surface area contributed by atoms with E-state index in [0.717, 1.165) is 23.2 Å². The third-order valence-electron chi connectivity index (χ3n) is 3.68. The Morgan fingerprint density at radius 2 is 1.77 bits per heavy atom. The Morgan fingerprint density at radius 1 is 1.18 bits per heavy atom. The van der Waals surface area contributed by atoms with Crippen molar-refractivity contribution in [3.05, 3.63) is 58.9 Å². The van der Waals surface area contributed by atoms with E-state index in [4.69, 9.17) is 0 Å². The number of hydrogen-bond donors (Lipinski definition) is 1. The molecule has 1 atom stereocenters. The number of carbonyl (C=O) groups excluding carboxylic acids is 1. The first-order chi connectivity index (χ1) is 10.2. The van der Waals surface area contributed by atoms with Crippen LogP contribution in [0.4, 0.5) is 0 Å². The fraction of sp³-hybridized carbons (Fsp3) is 0.312. The van der Waals surface area contributed by atoms with Crippen LogP contribution in [0.25, 0.3) is 0 Å². The molecule has 1 unspecified atom stereocenters. The Kier molecular flexibility index (Phi) is 4.42. The van der Waals surface area contributed by atoms with E-state index < -0.39 is 15.9 Å². The molecule has 1 aromatic heterocycles. The third kappa shape index (κ3) is 3.39. The van der Waals surface area contributed by atoms with Gasteiger partial charge >= 0.3 is 0 Å². The fourth-order valence-electron chi connectivity index (χ4n) is 2.71. The number of hydrogen-bond acceptors (Lipinski definition) is 3. The van der Waals surface area contributed by atoms with Gasteiger partial charge in [0.25, 0.3) is 5.91 Å². The summed E-state index contributed by atoms with van der Waals surface area (Å²) in [7, 11) is -3.57. The number of sulfonamides is 1. The van der Waals surface area contributed by atoms with Gasteiger partial charge in [0.15, 0.2) is 0 Å². The molecule has 0 bridgehead atoms. The zero-order valence-corrected chi connectivity index (χ0v) is 13.9. The van der Waals surface area contributed by atoms with Gasteiger partial charge in [-0.05, 0) is 32.4 Å². The number of aryl methyl sites for hydroxylation is 1. The first kappa shape index (κ1) is 16.3. The van der Waals surface area contributed by atoms with E-state index in [-0.39, 0.29) is 6.04 Å². The molecule has 0 saturated carbocycles. The van der Waals surface area contributed by atoms with Gasteiger partial charge in [0, 0.05) is 11.4 Å². The van der Waals surface area contributed by atoms with Crippen LogP contribution in [0, 0.1) is 13.8 Å². The number of rotatable bonds is 4. The van der Waals surface area contributed by atoms with Crippen LogP contribution in [0.3, 0.4) is 0 Å². The third-order valence-corrected chi connectivity index (χ3v) is 4.23. The lowest BCUT2D eigenvalue weighted by Gasteiger charge is -2.19. The molecule has 0 radical (unpaired) electrons. The summed E-state index contributed by atoms with van der Waals surface area (Å²) in [6, 6.07) is 11.7. The van der Waals surface area contributed by atoms with E-state index in [1.165, 1.54) is 0 Å². The van der Waals surface area contributed by atoms with Gasteiger partial charge in [-0.25, -0.2) is 13.1 Å². The molecule has 1 amide bonds. The largest absolute Gasteiger partial charge is 0.341 e. The molecule has 1 aromatic carbocycles. The van der Waals surface area contributed by atoms with Crippen molar-refractivity contribution in [3.63, 3.8) is 0 Å². The van der Waals surface area contributed by atoms with E-state index in [1.54, 1.807) is 6.07 Å². The minimum atomic E-state index is -3.57. The Balaban J connectivity index is 2.42. The summed E-state index contributed by atoms with van der Waals surface area (Å²) < 4.78 is 26.5. The van der Waals surface area contributed by atoms with Gasteiger partial charge in [0.1, 0.15) is 0 Å². The first-order valence-electron chi connectivity index (χ1n) is 6.96. The van der Waals surface area contributed by atoms with Gasteiger partial charge in [-0.15, -0.1) is 0 Å². The predicted octanol–water partition coefficient (Wildman–Crippen LogP) is 2.40. The fourth-order valence-corrected chi connectivity index (χ4v) is 3.15. The summed E-state index contributed by atoms with van der Waals surface area (Å²) in [5, 5.41) is 0. The van der Waals surface area contributed by atoms with E-state index in [1.807, 2.05) is 60.4 Å². The quantitative estimate of drug-likeness (QED) is 0.940. The molecule has 0 aliphatic carbocycles. The maximum atomic E-state index is 12.1. The lowest BCUT2D eigenvalue weighted by atomic mass is 10.1. The van der Waals surface area contributed by atoms with Crippen LogP contribution < -0.4 is 4.72 Å². The number of amides is 1. The van der Waals surface area contributed by atoms with Gasteiger partial charge < -0.3 is 4.57 Å². The number of nitrogens with zero attached hydrogens (tertiary/aromatic N) is 1. The number of nitrogens with one attached hydrogen (secondary N) is 1. The SMILES string of the molecule is Cc1cc(C(=O)NS(C)(=O)=O)c(C)n1C(C)c1ccccc1. The standard InChI is InChI=1S/C16H20N2O3S/c1-11-10-15(16(19)17-22(4,20)21)13(3)18(11)12(2)14-8-6-5-7-9-14/h5-10,12H,1-4H3,(H,17,19). The van der Waals surface area contributed by atoms with Crippen LogP contribution in [0.5, 0.6) is 0 Å². The molecule has 0 spiro atoms. The summed E-state index contributed by atoms with van der Waals surface area (Å²) in [6.07, 6.45) is 0.969. The van der Waals surface area contributed by atoms with E-state index >= 15 is 0 Å². The van der Waals surface area contributed by atoms with E-state index in [0.29, 0.717) is 5.56 Å². The second kappa shape index (κ2) is 5.96. The zero-order chi connectivity index (χ0) is 16.5. The predicted molar refractivity (Wildman–Crippen MR) is 86.5 cm³/mol. The van der Waals surface area contributed by atoms with Crippen molar-refractivity contribution in [2.24, 2.45) is 0 Å². The molecule has 0 aliphatic heterocycles. The highest BCUT2D eigenvalue weighted by Crippen LogP contribution is 2.25. The minimum Gasteiger partial charge on any atom is -0.341 e. The van der Waals surface area contributed by atoms with Crippen molar-refractivity contribution in [3.8, 4) is 0 Å². The van der Waals surface area contributed by atoms with E-state index in [2.05, 4.69) is 0 Å². The molecule has 22 heavy (non-hydrogen) atoms. The smallest absolute Gasteiger partial charge is 0.266 e. The van der Waals surface area contributed by atoms with E-state index in [9.17, 15) is 13.2 Å². The zero-order valence-electron chi connectivity index (χ0n) is 13.1. The number of benzene rings is 1. The first-order valence-corrected chi connectivity index (χ1v) is 8.85. The maximum absolute atomic E-state index is 12.1. The molecule has 0 aliphatic rings. The molecule has 2 rings (SSSR count). The molecule has 0 saturated heterocycles. The molecule has 118 valence electrons. The molecular weight excluding hydrogens is 300 g/mol. The van der Waals surface area contributed by atoms with Crippen molar-refractivity contribution in [2.75, 3.05) is 6.26 Å². The van der Waals surface area contributed by atoms with Crippen LogP contribution in [0.15, 0.2) is 36.4 Å². The normalized spacial score (nSPS) is 12.9. The van der Waals surface area contributed by atoms with Gasteiger partial charge in [-0.1, -0.05) is 30.3 Å². The molecule has 1 heterocycles.